The highest BCUT2D eigenvalue weighted by atomic mass is 16.2. The van der Waals surface area contributed by atoms with Gasteiger partial charge in [-0.25, -0.2) is 0 Å². The van der Waals surface area contributed by atoms with E-state index in [4.69, 9.17) is 5.73 Å². The molecule has 22 heavy (non-hydrogen) atoms. The maximum absolute atomic E-state index is 12.3. The van der Waals surface area contributed by atoms with Gasteiger partial charge < -0.3 is 15.5 Å². The molecule has 0 unspecified atom stereocenters. The minimum absolute atomic E-state index is 0.114. The van der Waals surface area contributed by atoms with Crippen molar-refractivity contribution in [3.8, 4) is 0 Å². The molecule has 122 valence electrons. The van der Waals surface area contributed by atoms with Crippen molar-refractivity contribution in [1.82, 2.24) is 9.80 Å². The van der Waals surface area contributed by atoms with E-state index in [-0.39, 0.29) is 17.9 Å². The van der Waals surface area contributed by atoms with Crippen LogP contribution in [0, 0.1) is 11.8 Å². The van der Waals surface area contributed by atoms with Crippen molar-refractivity contribution < 1.29 is 4.79 Å². The Hall–Kier alpha value is -1.39. The standard InChI is InChI=1S/C18H29N3O/c1-14(2)17(19)18(22)21-10-9-16(13-21)12-20(3)11-15-7-5-4-6-8-15/h4-8,14,16-17H,9-13,19H2,1-3H3/t16-,17+/m1/s1. The molecule has 1 aliphatic heterocycles. The number of likely N-dealkylation sites (tertiary alicyclic amines) is 1. The Labute approximate surface area is 134 Å². The van der Waals surface area contributed by atoms with Crippen molar-refractivity contribution in [2.24, 2.45) is 17.6 Å². The zero-order valence-electron chi connectivity index (χ0n) is 14.0. The van der Waals surface area contributed by atoms with E-state index >= 15 is 0 Å². The highest BCUT2D eigenvalue weighted by molar-refractivity contribution is 5.82. The van der Waals surface area contributed by atoms with Crippen LogP contribution >= 0.6 is 0 Å². The molecule has 1 amide bonds. The summed E-state index contributed by atoms with van der Waals surface area (Å²) in [7, 11) is 2.15. The van der Waals surface area contributed by atoms with Crippen molar-refractivity contribution in [3.63, 3.8) is 0 Å². The highest BCUT2D eigenvalue weighted by Gasteiger charge is 2.30. The molecule has 0 radical (unpaired) electrons. The molecule has 1 fully saturated rings. The fraction of sp³-hybridized carbons (Fsp3) is 0.611. The molecule has 1 aliphatic rings. The van der Waals surface area contributed by atoms with E-state index < -0.39 is 0 Å². The number of amides is 1. The lowest BCUT2D eigenvalue weighted by Crippen LogP contribution is -2.45. The highest BCUT2D eigenvalue weighted by Crippen LogP contribution is 2.19. The minimum atomic E-state index is -0.360. The molecule has 1 aromatic rings. The van der Waals surface area contributed by atoms with Crippen molar-refractivity contribution in [2.75, 3.05) is 26.7 Å². The van der Waals surface area contributed by atoms with E-state index in [9.17, 15) is 4.79 Å². The van der Waals surface area contributed by atoms with Gasteiger partial charge in [0.2, 0.25) is 5.91 Å². The van der Waals surface area contributed by atoms with Gasteiger partial charge >= 0.3 is 0 Å². The van der Waals surface area contributed by atoms with Crippen molar-refractivity contribution in [1.29, 1.82) is 0 Å². The molecular formula is C18H29N3O. The van der Waals surface area contributed by atoms with Crippen molar-refractivity contribution in [3.05, 3.63) is 35.9 Å². The fourth-order valence-electron chi connectivity index (χ4n) is 3.08. The van der Waals surface area contributed by atoms with Crippen LogP contribution < -0.4 is 5.73 Å². The third-order valence-corrected chi connectivity index (χ3v) is 4.47. The molecule has 0 saturated carbocycles. The molecule has 4 heteroatoms. The summed E-state index contributed by atoms with van der Waals surface area (Å²) < 4.78 is 0. The fourth-order valence-corrected chi connectivity index (χ4v) is 3.08. The van der Waals surface area contributed by atoms with E-state index in [1.165, 1.54) is 5.56 Å². The Morgan fingerprint density at radius 1 is 1.36 bits per heavy atom. The molecule has 1 aromatic carbocycles. The van der Waals surface area contributed by atoms with Gasteiger partial charge in [-0.05, 0) is 30.9 Å². The van der Waals surface area contributed by atoms with E-state index in [0.717, 1.165) is 32.6 Å². The number of nitrogens with two attached hydrogens (primary N) is 1. The normalized spacial score (nSPS) is 19.9. The molecule has 2 N–H and O–H groups in total. The Balaban J connectivity index is 1.80. The summed E-state index contributed by atoms with van der Waals surface area (Å²) in [6.07, 6.45) is 1.08. The van der Waals surface area contributed by atoms with E-state index in [0.29, 0.717) is 5.92 Å². The molecule has 1 heterocycles. The van der Waals surface area contributed by atoms with E-state index in [1.807, 2.05) is 24.8 Å². The number of carbonyl (C=O) groups excluding carboxylic acids is 1. The van der Waals surface area contributed by atoms with Gasteiger partial charge in [-0.1, -0.05) is 44.2 Å². The van der Waals surface area contributed by atoms with Gasteiger partial charge in [0.25, 0.3) is 0 Å². The molecule has 0 aliphatic carbocycles. The number of carbonyl (C=O) groups is 1. The Kier molecular flexibility index (Phi) is 5.98. The predicted molar refractivity (Wildman–Crippen MR) is 90.3 cm³/mol. The maximum atomic E-state index is 12.3. The van der Waals surface area contributed by atoms with E-state index in [2.05, 4.69) is 36.2 Å². The Morgan fingerprint density at radius 2 is 2.05 bits per heavy atom. The lowest BCUT2D eigenvalue weighted by molar-refractivity contribution is -0.132. The number of benzene rings is 1. The number of nitrogens with zero attached hydrogens (tertiary/aromatic N) is 2. The van der Waals surface area contributed by atoms with Crippen LogP contribution in [0.1, 0.15) is 25.8 Å². The second-order valence-corrected chi connectivity index (χ2v) is 6.89. The van der Waals surface area contributed by atoms with Crippen LogP contribution in [0.4, 0.5) is 0 Å². The first-order chi connectivity index (χ1) is 10.5. The molecule has 2 rings (SSSR count). The van der Waals surface area contributed by atoms with Crippen LogP contribution in [-0.4, -0.2) is 48.4 Å². The van der Waals surface area contributed by atoms with Crippen molar-refractivity contribution in [2.45, 2.75) is 32.9 Å². The van der Waals surface area contributed by atoms with Crippen LogP contribution in [0.5, 0.6) is 0 Å². The van der Waals surface area contributed by atoms with Crippen LogP contribution in [0.3, 0.4) is 0 Å². The number of hydrogen-bond donors (Lipinski definition) is 1. The lowest BCUT2D eigenvalue weighted by atomic mass is 10.0. The minimum Gasteiger partial charge on any atom is -0.341 e. The molecule has 0 aromatic heterocycles. The molecule has 2 atom stereocenters. The van der Waals surface area contributed by atoms with Gasteiger partial charge in [0.1, 0.15) is 0 Å². The second kappa shape index (κ2) is 7.75. The summed E-state index contributed by atoms with van der Waals surface area (Å²) in [6, 6.07) is 10.1. The quantitative estimate of drug-likeness (QED) is 0.874. The molecular weight excluding hydrogens is 274 g/mol. The van der Waals surface area contributed by atoms with Gasteiger partial charge in [0, 0.05) is 26.2 Å². The Bertz CT molecular complexity index is 474. The lowest BCUT2D eigenvalue weighted by Gasteiger charge is -2.24. The maximum Gasteiger partial charge on any atom is 0.239 e. The van der Waals surface area contributed by atoms with Gasteiger partial charge in [-0.15, -0.1) is 0 Å². The largest absolute Gasteiger partial charge is 0.341 e. The van der Waals surface area contributed by atoms with Crippen LogP contribution in [0.15, 0.2) is 30.3 Å². The number of hydrogen-bond acceptors (Lipinski definition) is 3. The summed E-state index contributed by atoms with van der Waals surface area (Å²) in [5, 5.41) is 0. The zero-order valence-corrected chi connectivity index (χ0v) is 14.0. The zero-order chi connectivity index (χ0) is 16.1. The van der Waals surface area contributed by atoms with Gasteiger partial charge in [-0.2, -0.15) is 0 Å². The van der Waals surface area contributed by atoms with Crippen molar-refractivity contribution >= 4 is 5.91 Å². The first kappa shape index (κ1) is 17.0. The molecule has 0 spiro atoms. The van der Waals surface area contributed by atoms with Crippen LogP contribution in [0.25, 0.3) is 0 Å². The second-order valence-electron chi connectivity index (χ2n) is 6.89. The third-order valence-electron chi connectivity index (χ3n) is 4.47. The summed E-state index contributed by atoms with van der Waals surface area (Å²) in [6.45, 7) is 7.68. The van der Waals surface area contributed by atoms with Gasteiger partial charge in [0.15, 0.2) is 0 Å². The first-order valence-corrected chi connectivity index (χ1v) is 8.24. The van der Waals surface area contributed by atoms with Gasteiger partial charge in [-0.3, -0.25) is 4.79 Å². The monoisotopic (exact) mass is 303 g/mol. The molecule has 4 nitrogen and oxygen atoms in total. The Morgan fingerprint density at radius 3 is 2.68 bits per heavy atom. The average molecular weight is 303 g/mol. The summed E-state index contributed by atoms with van der Waals surface area (Å²) in [4.78, 5) is 16.6. The van der Waals surface area contributed by atoms with Crippen LogP contribution in [-0.2, 0) is 11.3 Å². The summed E-state index contributed by atoms with van der Waals surface area (Å²) in [5.74, 6) is 0.868. The molecule has 1 saturated heterocycles. The summed E-state index contributed by atoms with van der Waals surface area (Å²) in [5.41, 5.74) is 7.32. The predicted octanol–water partition coefficient (Wildman–Crippen LogP) is 1.95. The summed E-state index contributed by atoms with van der Waals surface area (Å²) >= 11 is 0. The molecule has 0 bridgehead atoms. The topological polar surface area (TPSA) is 49.6 Å². The smallest absolute Gasteiger partial charge is 0.239 e. The first-order valence-electron chi connectivity index (χ1n) is 8.24. The third kappa shape index (κ3) is 4.55. The van der Waals surface area contributed by atoms with Gasteiger partial charge in [0.05, 0.1) is 6.04 Å². The SMILES string of the molecule is CC(C)[C@H](N)C(=O)N1CC[C@H](CN(C)Cc2ccccc2)C1. The average Bonchev–Trinajstić information content (AvgIpc) is 2.94. The number of rotatable bonds is 6. The van der Waals surface area contributed by atoms with E-state index in [1.54, 1.807) is 0 Å². The van der Waals surface area contributed by atoms with Crippen LogP contribution in [0.2, 0.25) is 0 Å².